The normalized spacial score (nSPS) is 21.7. The highest BCUT2D eigenvalue weighted by molar-refractivity contribution is 6.00. The number of ether oxygens (including phenoxy) is 2. The predicted octanol–water partition coefficient (Wildman–Crippen LogP) is 2.59. The third-order valence-electron chi connectivity index (χ3n) is 4.07. The van der Waals surface area contributed by atoms with Crippen LogP contribution in [0.3, 0.4) is 0 Å². The molecule has 2 rings (SSSR count). The van der Waals surface area contributed by atoms with Gasteiger partial charge in [-0.25, -0.2) is 0 Å². The molecule has 1 aliphatic carbocycles. The lowest BCUT2D eigenvalue weighted by atomic mass is 9.87. The molecular formula is C16H24N2O3. The van der Waals surface area contributed by atoms with Crippen LogP contribution in [0.25, 0.3) is 0 Å². The monoisotopic (exact) mass is 292 g/mol. The molecule has 5 heteroatoms. The summed E-state index contributed by atoms with van der Waals surface area (Å²) in [6.45, 7) is 2.23. The molecule has 21 heavy (non-hydrogen) atoms. The van der Waals surface area contributed by atoms with Crippen LogP contribution < -0.4 is 20.5 Å². The maximum absolute atomic E-state index is 12.4. The first-order chi connectivity index (χ1) is 10.0. The van der Waals surface area contributed by atoms with E-state index in [1.165, 1.54) is 6.42 Å². The van der Waals surface area contributed by atoms with E-state index in [1.54, 1.807) is 26.4 Å². The summed E-state index contributed by atoms with van der Waals surface area (Å²) in [7, 11) is 3.08. The van der Waals surface area contributed by atoms with Crippen molar-refractivity contribution < 1.29 is 14.3 Å². The number of hydrogen-bond acceptors (Lipinski definition) is 4. The molecule has 0 spiro atoms. The largest absolute Gasteiger partial charge is 0.493 e. The zero-order valence-electron chi connectivity index (χ0n) is 12.9. The van der Waals surface area contributed by atoms with Gasteiger partial charge in [0.1, 0.15) is 0 Å². The fraction of sp³-hybridized carbons (Fsp3) is 0.562. The van der Waals surface area contributed by atoms with Gasteiger partial charge < -0.3 is 20.5 Å². The van der Waals surface area contributed by atoms with Gasteiger partial charge in [-0.1, -0.05) is 19.8 Å². The Balaban J connectivity index is 2.15. The molecule has 1 saturated carbocycles. The van der Waals surface area contributed by atoms with Crippen LogP contribution in [0.2, 0.25) is 0 Å². The fourth-order valence-electron chi connectivity index (χ4n) is 2.92. The maximum Gasteiger partial charge on any atom is 0.253 e. The van der Waals surface area contributed by atoms with Gasteiger partial charge in [0, 0.05) is 17.8 Å². The number of anilines is 1. The second-order valence-corrected chi connectivity index (χ2v) is 5.74. The Morgan fingerprint density at radius 3 is 2.52 bits per heavy atom. The quantitative estimate of drug-likeness (QED) is 0.837. The lowest BCUT2D eigenvalue weighted by molar-refractivity contribution is 0.0922. The minimum absolute atomic E-state index is 0.146. The van der Waals surface area contributed by atoms with Gasteiger partial charge in [0.2, 0.25) is 0 Å². The van der Waals surface area contributed by atoms with Crippen LogP contribution in [-0.4, -0.2) is 26.2 Å². The number of amides is 1. The third-order valence-corrected chi connectivity index (χ3v) is 4.07. The Morgan fingerprint density at radius 1 is 1.24 bits per heavy atom. The van der Waals surface area contributed by atoms with Crippen molar-refractivity contribution in [3.05, 3.63) is 17.7 Å². The van der Waals surface area contributed by atoms with Crippen LogP contribution in [-0.2, 0) is 0 Å². The summed E-state index contributed by atoms with van der Waals surface area (Å²) in [6.07, 6.45) is 4.46. The number of carbonyl (C=O) groups is 1. The molecule has 1 fully saturated rings. The zero-order valence-corrected chi connectivity index (χ0v) is 12.9. The van der Waals surface area contributed by atoms with Crippen molar-refractivity contribution >= 4 is 11.6 Å². The van der Waals surface area contributed by atoms with Crippen LogP contribution in [0.15, 0.2) is 12.1 Å². The van der Waals surface area contributed by atoms with Crippen molar-refractivity contribution in [2.45, 2.75) is 38.6 Å². The number of hydrogen-bond donors (Lipinski definition) is 2. The summed E-state index contributed by atoms with van der Waals surface area (Å²) >= 11 is 0. The molecule has 0 aliphatic heterocycles. The van der Waals surface area contributed by atoms with E-state index >= 15 is 0 Å². The SMILES string of the molecule is COc1cc(N)c(C(=O)NC2CCCC(C)C2)cc1OC. The van der Waals surface area contributed by atoms with Crippen molar-refractivity contribution in [3.8, 4) is 11.5 Å². The minimum Gasteiger partial charge on any atom is -0.493 e. The predicted molar refractivity (Wildman–Crippen MR) is 82.8 cm³/mol. The minimum atomic E-state index is -0.146. The summed E-state index contributed by atoms with van der Waals surface area (Å²) in [6, 6.07) is 3.49. The summed E-state index contributed by atoms with van der Waals surface area (Å²) in [4.78, 5) is 12.4. The van der Waals surface area contributed by atoms with E-state index in [0.29, 0.717) is 28.7 Å². The van der Waals surface area contributed by atoms with Crippen molar-refractivity contribution in [1.82, 2.24) is 5.32 Å². The highest BCUT2D eigenvalue weighted by Gasteiger charge is 2.22. The Bertz CT molecular complexity index is 516. The summed E-state index contributed by atoms with van der Waals surface area (Å²) in [5.74, 6) is 1.55. The van der Waals surface area contributed by atoms with E-state index < -0.39 is 0 Å². The Hall–Kier alpha value is -1.91. The van der Waals surface area contributed by atoms with E-state index in [4.69, 9.17) is 15.2 Å². The molecule has 0 saturated heterocycles. The molecule has 1 aromatic rings. The van der Waals surface area contributed by atoms with E-state index in [2.05, 4.69) is 12.2 Å². The highest BCUT2D eigenvalue weighted by atomic mass is 16.5. The van der Waals surface area contributed by atoms with Gasteiger partial charge in [-0.3, -0.25) is 4.79 Å². The molecule has 5 nitrogen and oxygen atoms in total. The molecule has 0 aromatic heterocycles. The lowest BCUT2D eigenvalue weighted by Crippen LogP contribution is -2.38. The van der Waals surface area contributed by atoms with Crippen molar-refractivity contribution in [2.24, 2.45) is 5.92 Å². The zero-order chi connectivity index (χ0) is 15.4. The van der Waals surface area contributed by atoms with Gasteiger partial charge >= 0.3 is 0 Å². The topological polar surface area (TPSA) is 73.6 Å². The van der Waals surface area contributed by atoms with Crippen LogP contribution in [0.1, 0.15) is 43.0 Å². The molecular weight excluding hydrogens is 268 g/mol. The Morgan fingerprint density at radius 2 is 1.90 bits per heavy atom. The van der Waals surface area contributed by atoms with Crippen molar-refractivity contribution in [3.63, 3.8) is 0 Å². The smallest absolute Gasteiger partial charge is 0.253 e. The van der Waals surface area contributed by atoms with Crippen LogP contribution in [0.5, 0.6) is 11.5 Å². The van der Waals surface area contributed by atoms with E-state index in [-0.39, 0.29) is 11.9 Å². The number of benzene rings is 1. The Kier molecular flexibility index (Phi) is 4.94. The number of nitrogen functional groups attached to an aromatic ring is 1. The standard InChI is InChI=1S/C16H24N2O3/c1-10-5-4-6-11(7-10)18-16(19)12-8-14(20-2)15(21-3)9-13(12)17/h8-11H,4-7,17H2,1-3H3,(H,18,19). The maximum atomic E-state index is 12.4. The molecule has 0 heterocycles. The molecule has 2 unspecified atom stereocenters. The number of rotatable bonds is 4. The first kappa shape index (κ1) is 15.5. The Labute approximate surface area is 125 Å². The molecule has 3 N–H and O–H groups in total. The first-order valence-electron chi connectivity index (χ1n) is 7.37. The van der Waals surface area contributed by atoms with Gasteiger partial charge in [-0.05, 0) is 24.8 Å². The van der Waals surface area contributed by atoms with Crippen molar-refractivity contribution in [2.75, 3.05) is 20.0 Å². The second-order valence-electron chi connectivity index (χ2n) is 5.74. The molecule has 1 amide bonds. The molecule has 1 aliphatic rings. The van der Waals surface area contributed by atoms with E-state index in [9.17, 15) is 4.79 Å². The average Bonchev–Trinajstić information content (AvgIpc) is 2.46. The fourth-order valence-corrected chi connectivity index (χ4v) is 2.92. The number of carbonyl (C=O) groups excluding carboxylic acids is 1. The molecule has 0 bridgehead atoms. The first-order valence-corrected chi connectivity index (χ1v) is 7.37. The van der Waals surface area contributed by atoms with E-state index in [0.717, 1.165) is 19.3 Å². The van der Waals surface area contributed by atoms with E-state index in [1.807, 2.05) is 0 Å². The number of nitrogens with two attached hydrogens (primary N) is 1. The summed E-state index contributed by atoms with van der Waals surface area (Å²) < 4.78 is 10.4. The van der Waals surface area contributed by atoms with Crippen LogP contribution in [0.4, 0.5) is 5.69 Å². The molecule has 116 valence electrons. The van der Waals surface area contributed by atoms with Crippen LogP contribution >= 0.6 is 0 Å². The average molecular weight is 292 g/mol. The molecule has 0 radical (unpaired) electrons. The second kappa shape index (κ2) is 6.70. The van der Waals surface area contributed by atoms with Crippen LogP contribution in [0, 0.1) is 5.92 Å². The van der Waals surface area contributed by atoms with Gasteiger partial charge in [0.15, 0.2) is 11.5 Å². The molecule has 1 aromatic carbocycles. The number of nitrogens with one attached hydrogen (secondary N) is 1. The summed E-state index contributed by atoms with van der Waals surface area (Å²) in [5, 5.41) is 3.08. The van der Waals surface area contributed by atoms with Gasteiger partial charge in [-0.2, -0.15) is 0 Å². The number of methoxy groups -OCH3 is 2. The van der Waals surface area contributed by atoms with Crippen molar-refractivity contribution in [1.29, 1.82) is 0 Å². The van der Waals surface area contributed by atoms with Gasteiger partial charge in [0.05, 0.1) is 19.8 Å². The van der Waals surface area contributed by atoms with Gasteiger partial charge in [-0.15, -0.1) is 0 Å². The lowest BCUT2D eigenvalue weighted by Gasteiger charge is -2.27. The third kappa shape index (κ3) is 3.60. The highest BCUT2D eigenvalue weighted by Crippen LogP contribution is 2.32. The van der Waals surface area contributed by atoms with Gasteiger partial charge in [0.25, 0.3) is 5.91 Å². The molecule has 2 atom stereocenters. The summed E-state index contributed by atoms with van der Waals surface area (Å²) in [5.41, 5.74) is 6.79.